The molecule has 0 spiro atoms. The van der Waals surface area contributed by atoms with Crippen LogP contribution in [0.3, 0.4) is 0 Å². The molecule has 2 heterocycles. The van der Waals surface area contributed by atoms with Gasteiger partial charge in [-0.1, -0.05) is 0 Å². The van der Waals surface area contributed by atoms with Crippen LogP contribution in [-0.4, -0.2) is 24.1 Å². The molecule has 0 aliphatic rings. The fraction of sp³-hybridized carbons (Fsp3) is 0.273. The molecule has 1 unspecified atom stereocenters. The number of rotatable bonds is 4. The Morgan fingerprint density at radius 1 is 1.45 bits per heavy atom. The lowest BCUT2D eigenvalue weighted by atomic mass is 10.2. The summed E-state index contributed by atoms with van der Waals surface area (Å²) in [6.07, 6.45) is 1.53. The second-order valence-electron chi connectivity index (χ2n) is 4.13. The summed E-state index contributed by atoms with van der Waals surface area (Å²) in [5.74, 6) is -0.277. The van der Waals surface area contributed by atoms with E-state index in [1.165, 1.54) is 16.9 Å². The molecule has 1 amide bonds. The Morgan fingerprint density at radius 3 is 2.65 bits per heavy atom. The molecule has 0 aliphatic carbocycles. The first-order chi connectivity index (χ1) is 9.29. The smallest absolute Gasteiger partial charge is 0.270 e. The van der Waals surface area contributed by atoms with E-state index >= 15 is 0 Å². The number of hydrogen-bond acceptors (Lipinski definition) is 5. The second-order valence-corrected chi connectivity index (χ2v) is 8.04. The molecule has 6 nitrogen and oxygen atoms in total. The molecule has 2 aromatic rings. The van der Waals surface area contributed by atoms with Crippen molar-refractivity contribution in [2.45, 2.75) is 17.2 Å². The van der Waals surface area contributed by atoms with Gasteiger partial charge in [-0.3, -0.25) is 9.48 Å². The van der Waals surface area contributed by atoms with Crippen LogP contribution >= 0.6 is 22.0 Å². The molecule has 1 atom stereocenters. The standard InChI is InChI=1S/C11H12ClN3O3S2/c1-7(9-3-4-10(19-9)20(12,17)18)14-11(16)8-5-6-13-15(8)2/h3-7H,1-2H3,(H,14,16). The van der Waals surface area contributed by atoms with Gasteiger partial charge in [0.05, 0.1) is 6.04 Å². The van der Waals surface area contributed by atoms with Crippen molar-refractivity contribution < 1.29 is 13.2 Å². The third kappa shape index (κ3) is 3.20. The number of carbonyl (C=O) groups excluding carboxylic acids is 1. The minimum atomic E-state index is -3.73. The molecule has 0 fully saturated rings. The molecule has 0 aliphatic heterocycles. The number of aryl methyl sites for hydroxylation is 1. The van der Waals surface area contributed by atoms with Crippen molar-refractivity contribution in [3.63, 3.8) is 0 Å². The molecule has 2 rings (SSSR count). The van der Waals surface area contributed by atoms with E-state index in [0.717, 1.165) is 11.3 Å². The van der Waals surface area contributed by atoms with E-state index in [-0.39, 0.29) is 16.2 Å². The van der Waals surface area contributed by atoms with Crippen LogP contribution in [0.2, 0.25) is 0 Å². The van der Waals surface area contributed by atoms with Gasteiger partial charge in [0.25, 0.3) is 15.0 Å². The highest BCUT2D eigenvalue weighted by Gasteiger charge is 2.18. The van der Waals surface area contributed by atoms with Gasteiger partial charge in [0.1, 0.15) is 9.90 Å². The van der Waals surface area contributed by atoms with Crippen molar-refractivity contribution >= 4 is 37.0 Å². The van der Waals surface area contributed by atoms with E-state index in [9.17, 15) is 13.2 Å². The number of amides is 1. The second kappa shape index (κ2) is 5.55. The van der Waals surface area contributed by atoms with Crippen molar-refractivity contribution in [2.24, 2.45) is 7.05 Å². The minimum absolute atomic E-state index is 0.0656. The van der Waals surface area contributed by atoms with Gasteiger partial charge in [-0.25, -0.2) is 8.42 Å². The average molecular weight is 334 g/mol. The quantitative estimate of drug-likeness (QED) is 0.866. The van der Waals surface area contributed by atoms with E-state index < -0.39 is 9.05 Å². The summed E-state index contributed by atoms with van der Waals surface area (Å²) in [7, 11) is 3.21. The molecule has 2 aromatic heterocycles. The molecular weight excluding hydrogens is 322 g/mol. The topological polar surface area (TPSA) is 81.1 Å². The zero-order chi connectivity index (χ0) is 14.9. The average Bonchev–Trinajstić information content (AvgIpc) is 2.95. The SMILES string of the molecule is CC(NC(=O)c1ccnn1C)c1ccc(S(=O)(=O)Cl)s1. The number of aromatic nitrogens is 2. The summed E-state index contributed by atoms with van der Waals surface area (Å²) in [6, 6.07) is 4.34. The van der Waals surface area contributed by atoms with E-state index in [0.29, 0.717) is 10.6 Å². The number of thiophene rings is 1. The number of halogens is 1. The summed E-state index contributed by atoms with van der Waals surface area (Å²) in [5.41, 5.74) is 0.429. The monoisotopic (exact) mass is 333 g/mol. The van der Waals surface area contributed by atoms with Crippen LogP contribution in [0, 0.1) is 0 Å². The highest BCUT2D eigenvalue weighted by atomic mass is 35.7. The molecule has 0 aromatic carbocycles. The predicted molar refractivity (Wildman–Crippen MR) is 76.4 cm³/mol. The molecule has 1 N–H and O–H groups in total. The number of hydrogen-bond donors (Lipinski definition) is 1. The number of nitrogens with one attached hydrogen (secondary N) is 1. The first-order valence-corrected chi connectivity index (χ1v) is 8.75. The van der Waals surface area contributed by atoms with E-state index in [2.05, 4.69) is 10.4 Å². The Bertz CT molecular complexity index is 736. The zero-order valence-electron chi connectivity index (χ0n) is 10.7. The highest BCUT2D eigenvalue weighted by Crippen LogP contribution is 2.28. The minimum Gasteiger partial charge on any atom is -0.343 e. The first-order valence-electron chi connectivity index (χ1n) is 5.62. The molecule has 0 saturated carbocycles. The van der Waals surface area contributed by atoms with Gasteiger partial charge in [0.2, 0.25) is 0 Å². The summed E-state index contributed by atoms with van der Waals surface area (Å²) < 4.78 is 23.9. The van der Waals surface area contributed by atoms with Crippen molar-refractivity contribution in [3.05, 3.63) is 35.0 Å². The summed E-state index contributed by atoms with van der Waals surface area (Å²) in [4.78, 5) is 12.7. The van der Waals surface area contributed by atoms with Crippen molar-refractivity contribution in [3.8, 4) is 0 Å². The summed E-state index contributed by atoms with van der Waals surface area (Å²) in [5, 5.41) is 6.69. The van der Waals surface area contributed by atoms with Gasteiger partial charge in [0.15, 0.2) is 0 Å². The third-order valence-corrected chi connectivity index (χ3v) is 6.03. The first kappa shape index (κ1) is 15.0. The Hall–Kier alpha value is -1.38. The van der Waals surface area contributed by atoms with Gasteiger partial charge in [-0.05, 0) is 25.1 Å². The van der Waals surface area contributed by atoms with Crippen LogP contribution in [0.4, 0.5) is 0 Å². The largest absolute Gasteiger partial charge is 0.343 e. The Kier molecular flexibility index (Phi) is 4.17. The molecule has 108 valence electrons. The normalized spacial score (nSPS) is 13.2. The maximum absolute atomic E-state index is 12.0. The van der Waals surface area contributed by atoms with Crippen molar-refractivity contribution in [1.82, 2.24) is 15.1 Å². The van der Waals surface area contributed by atoms with Gasteiger partial charge in [-0.15, -0.1) is 11.3 Å². The summed E-state index contributed by atoms with van der Waals surface area (Å²) in [6.45, 7) is 1.77. The lowest BCUT2D eigenvalue weighted by Crippen LogP contribution is -2.27. The van der Waals surface area contributed by atoms with E-state index in [4.69, 9.17) is 10.7 Å². The third-order valence-electron chi connectivity index (χ3n) is 2.67. The maximum atomic E-state index is 12.0. The lowest BCUT2D eigenvalue weighted by molar-refractivity contribution is 0.0931. The van der Waals surface area contributed by atoms with Crippen LogP contribution in [0.1, 0.15) is 28.3 Å². The van der Waals surface area contributed by atoms with E-state index in [1.54, 1.807) is 26.1 Å². The Labute approximate surface area is 124 Å². The van der Waals surface area contributed by atoms with Gasteiger partial charge in [0, 0.05) is 28.8 Å². The maximum Gasteiger partial charge on any atom is 0.270 e. The van der Waals surface area contributed by atoms with Crippen LogP contribution in [0.25, 0.3) is 0 Å². The van der Waals surface area contributed by atoms with Gasteiger partial charge < -0.3 is 5.32 Å². The molecular formula is C11H12ClN3O3S2. The van der Waals surface area contributed by atoms with Crippen molar-refractivity contribution in [1.29, 1.82) is 0 Å². The number of carbonyl (C=O) groups is 1. The number of nitrogens with zero attached hydrogens (tertiary/aromatic N) is 2. The fourth-order valence-corrected chi connectivity index (χ4v) is 3.73. The fourth-order valence-electron chi connectivity index (χ4n) is 1.64. The Balaban J connectivity index is 2.13. The van der Waals surface area contributed by atoms with E-state index in [1.807, 2.05) is 0 Å². The van der Waals surface area contributed by atoms with Crippen LogP contribution in [-0.2, 0) is 16.1 Å². The van der Waals surface area contributed by atoms with Crippen LogP contribution in [0.15, 0.2) is 28.6 Å². The lowest BCUT2D eigenvalue weighted by Gasteiger charge is -2.12. The highest BCUT2D eigenvalue weighted by molar-refractivity contribution is 8.15. The summed E-state index contributed by atoms with van der Waals surface area (Å²) >= 11 is 1.03. The van der Waals surface area contributed by atoms with Crippen molar-refractivity contribution in [2.75, 3.05) is 0 Å². The van der Waals surface area contributed by atoms with Gasteiger partial charge >= 0.3 is 0 Å². The molecule has 0 saturated heterocycles. The van der Waals surface area contributed by atoms with Crippen LogP contribution < -0.4 is 5.32 Å². The molecule has 9 heteroatoms. The molecule has 20 heavy (non-hydrogen) atoms. The zero-order valence-corrected chi connectivity index (χ0v) is 13.1. The predicted octanol–water partition coefficient (Wildman–Crippen LogP) is 1.90. The van der Waals surface area contributed by atoms with Crippen LogP contribution in [0.5, 0.6) is 0 Å². The molecule has 0 bridgehead atoms. The Morgan fingerprint density at radius 2 is 2.15 bits per heavy atom. The molecule has 0 radical (unpaired) electrons. The van der Waals surface area contributed by atoms with Gasteiger partial charge in [-0.2, -0.15) is 5.10 Å².